The first-order chi connectivity index (χ1) is 9.83. The van der Waals surface area contributed by atoms with Crippen LogP contribution in [0.2, 0.25) is 0 Å². The van der Waals surface area contributed by atoms with Crippen molar-refractivity contribution >= 4 is 23.8 Å². The Kier molecular flexibility index (Phi) is 4.90. The van der Waals surface area contributed by atoms with E-state index in [1.807, 2.05) is 79.7 Å². The van der Waals surface area contributed by atoms with Gasteiger partial charge in [0.2, 0.25) is 0 Å². The van der Waals surface area contributed by atoms with E-state index in [2.05, 4.69) is 17.0 Å². The molecule has 0 spiro atoms. The predicted molar refractivity (Wildman–Crippen MR) is 88.5 cm³/mol. The third kappa shape index (κ3) is 3.69. The Hall–Kier alpha value is -2.61. The molecule has 0 heterocycles. The quantitative estimate of drug-likeness (QED) is 0.592. The lowest BCUT2D eigenvalue weighted by Crippen LogP contribution is -1.90. The molecule has 2 nitrogen and oxygen atoms in total. The van der Waals surface area contributed by atoms with E-state index >= 15 is 0 Å². The second-order valence-corrected chi connectivity index (χ2v) is 4.30. The fraction of sp³-hybridized carbons (Fsp3) is 0.0556. The molecule has 100 valence electrons. The third-order valence-corrected chi connectivity index (χ3v) is 2.86. The van der Waals surface area contributed by atoms with Crippen LogP contribution in [-0.4, -0.2) is 6.72 Å². The Morgan fingerprint density at radius 3 is 2.25 bits per heavy atom. The number of nitrogens with one attached hydrogen (secondary N) is 1. The molecule has 0 aromatic heterocycles. The van der Waals surface area contributed by atoms with E-state index in [0.717, 1.165) is 22.6 Å². The highest BCUT2D eigenvalue weighted by molar-refractivity contribution is 5.71. The standard InChI is InChI=1S/C18H18N2/c1-3-4-10-18(19-2)15-11-13-17(14-12-15)20-16-8-6-5-7-9-16/h3-14,20H,2H2,1H3/b4-3-,18-10-. The van der Waals surface area contributed by atoms with Gasteiger partial charge in [-0.05, 0) is 44.0 Å². The van der Waals surface area contributed by atoms with Crippen molar-refractivity contribution < 1.29 is 0 Å². The van der Waals surface area contributed by atoms with E-state index in [-0.39, 0.29) is 0 Å². The minimum absolute atomic E-state index is 0.870. The summed E-state index contributed by atoms with van der Waals surface area (Å²) in [6.07, 6.45) is 5.88. The van der Waals surface area contributed by atoms with E-state index in [1.54, 1.807) is 0 Å². The Balaban J connectivity index is 2.15. The molecule has 0 aliphatic carbocycles. The fourth-order valence-electron chi connectivity index (χ4n) is 1.84. The van der Waals surface area contributed by atoms with Crippen molar-refractivity contribution in [3.8, 4) is 0 Å². The second kappa shape index (κ2) is 7.10. The lowest BCUT2D eigenvalue weighted by atomic mass is 10.1. The van der Waals surface area contributed by atoms with Crippen LogP contribution in [0.5, 0.6) is 0 Å². The number of anilines is 2. The molecule has 0 aliphatic heterocycles. The molecule has 0 atom stereocenters. The van der Waals surface area contributed by atoms with Crippen molar-refractivity contribution in [2.45, 2.75) is 6.92 Å². The normalized spacial score (nSPS) is 11.6. The Morgan fingerprint density at radius 1 is 1.00 bits per heavy atom. The molecule has 20 heavy (non-hydrogen) atoms. The van der Waals surface area contributed by atoms with Crippen molar-refractivity contribution in [2.75, 3.05) is 5.32 Å². The van der Waals surface area contributed by atoms with Gasteiger partial charge < -0.3 is 5.32 Å². The van der Waals surface area contributed by atoms with Crippen LogP contribution in [-0.2, 0) is 0 Å². The lowest BCUT2D eigenvalue weighted by Gasteiger charge is -2.07. The molecular formula is C18H18N2. The van der Waals surface area contributed by atoms with Crippen molar-refractivity contribution in [3.63, 3.8) is 0 Å². The van der Waals surface area contributed by atoms with E-state index in [4.69, 9.17) is 0 Å². The highest BCUT2D eigenvalue weighted by Gasteiger charge is 1.99. The summed E-state index contributed by atoms with van der Waals surface area (Å²) >= 11 is 0. The average Bonchev–Trinajstić information content (AvgIpc) is 2.50. The molecule has 0 unspecified atom stereocenters. The topological polar surface area (TPSA) is 24.4 Å². The zero-order valence-corrected chi connectivity index (χ0v) is 11.6. The van der Waals surface area contributed by atoms with Gasteiger partial charge in [0.15, 0.2) is 0 Å². The first-order valence-corrected chi connectivity index (χ1v) is 6.55. The summed E-state index contributed by atoms with van der Waals surface area (Å²) < 4.78 is 0. The predicted octanol–water partition coefficient (Wildman–Crippen LogP) is 5.05. The maximum atomic E-state index is 4.05. The van der Waals surface area contributed by atoms with Crippen LogP contribution < -0.4 is 5.32 Å². The van der Waals surface area contributed by atoms with E-state index in [0.29, 0.717) is 0 Å². The SMILES string of the molecule is C=N/C(=C\C=C/C)c1ccc(Nc2ccccc2)cc1. The molecule has 0 saturated heterocycles. The number of nitrogens with zero attached hydrogens (tertiary/aromatic N) is 1. The van der Waals surface area contributed by atoms with Crippen molar-refractivity contribution in [1.29, 1.82) is 0 Å². The number of hydrogen-bond donors (Lipinski definition) is 1. The van der Waals surface area contributed by atoms with Crippen LogP contribution in [0.25, 0.3) is 5.70 Å². The van der Waals surface area contributed by atoms with Crippen molar-refractivity contribution in [2.24, 2.45) is 4.99 Å². The zero-order chi connectivity index (χ0) is 14.2. The van der Waals surface area contributed by atoms with Crippen LogP contribution in [0.1, 0.15) is 12.5 Å². The summed E-state index contributed by atoms with van der Waals surface area (Å²) in [6, 6.07) is 18.3. The number of aliphatic imine (C=N–C) groups is 1. The van der Waals surface area contributed by atoms with Crippen LogP contribution >= 0.6 is 0 Å². The highest BCUT2D eigenvalue weighted by Crippen LogP contribution is 2.21. The average molecular weight is 262 g/mol. The van der Waals surface area contributed by atoms with Gasteiger partial charge in [0.05, 0.1) is 5.70 Å². The van der Waals surface area contributed by atoms with Gasteiger partial charge in [0, 0.05) is 16.9 Å². The van der Waals surface area contributed by atoms with Crippen LogP contribution in [0.3, 0.4) is 0 Å². The summed E-state index contributed by atoms with van der Waals surface area (Å²) in [6.45, 7) is 5.59. The summed E-state index contributed by atoms with van der Waals surface area (Å²) in [7, 11) is 0. The molecule has 0 amide bonds. The van der Waals surface area contributed by atoms with Gasteiger partial charge in [-0.25, -0.2) is 0 Å². The molecule has 2 aromatic rings. The monoisotopic (exact) mass is 262 g/mol. The number of rotatable bonds is 5. The number of para-hydroxylation sites is 1. The summed E-state index contributed by atoms with van der Waals surface area (Å²) in [5, 5.41) is 3.35. The summed E-state index contributed by atoms with van der Waals surface area (Å²) in [4.78, 5) is 4.05. The van der Waals surface area contributed by atoms with Gasteiger partial charge in [0.1, 0.15) is 0 Å². The Morgan fingerprint density at radius 2 is 1.65 bits per heavy atom. The van der Waals surface area contributed by atoms with Gasteiger partial charge in [0.25, 0.3) is 0 Å². The molecule has 1 N–H and O–H groups in total. The van der Waals surface area contributed by atoms with Gasteiger partial charge >= 0.3 is 0 Å². The molecule has 0 bridgehead atoms. The summed E-state index contributed by atoms with van der Waals surface area (Å²) in [5.41, 5.74) is 4.05. The van der Waals surface area contributed by atoms with Crippen LogP contribution in [0, 0.1) is 0 Å². The molecule has 0 aliphatic rings. The smallest absolute Gasteiger partial charge is 0.0694 e. The summed E-state index contributed by atoms with van der Waals surface area (Å²) in [5.74, 6) is 0. The minimum atomic E-state index is 0.870. The van der Waals surface area contributed by atoms with Crippen LogP contribution in [0.15, 0.2) is 77.8 Å². The lowest BCUT2D eigenvalue weighted by molar-refractivity contribution is 1.49. The Bertz CT molecular complexity index is 608. The fourth-order valence-corrected chi connectivity index (χ4v) is 1.84. The zero-order valence-electron chi connectivity index (χ0n) is 11.6. The molecule has 2 aromatic carbocycles. The van der Waals surface area contributed by atoms with Gasteiger partial charge in [-0.1, -0.05) is 42.5 Å². The number of hydrogen-bond acceptors (Lipinski definition) is 2. The number of benzene rings is 2. The molecule has 0 radical (unpaired) electrons. The minimum Gasteiger partial charge on any atom is -0.356 e. The van der Waals surface area contributed by atoms with Crippen molar-refractivity contribution in [3.05, 3.63) is 78.4 Å². The molecule has 0 fully saturated rings. The molecular weight excluding hydrogens is 244 g/mol. The van der Waals surface area contributed by atoms with Gasteiger partial charge in [-0.3, -0.25) is 4.99 Å². The van der Waals surface area contributed by atoms with Gasteiger partial charge in [-0.15, -0.1) is 0 Å². The number of allylic oxidation sites excluding steroid dienone is 3. The van der Waals surface area contributed by atoms with E-state index in [9.17, 15) is 0 Å². The third-order valence-electron chi connectivity index (χ3n) is 2.86. The maximum absolute atomic E-state index is 4.05. The first-order valence-electron chi connectivity index (χ1n) is 6.55. The van der Waals surface area contributed by atoms with E-state index in [1.165, 1.54) is 0 Å². The van der Waals surface area contributed by atoms with Crippen molar-refractivity contribution in [1.82, 2.24) is 0 Å². The second-order valence-electron chi connectivity index (χ2n) is 4.30. The highest BCUT2D eigenvalue weighted by atomic mass is 14.9. The first kappa shape index (κ1) is 13.8. The van der Waals surface area contributed by atoms with Gasteiger partial charge in [-0.2, -0.15) is 0 Å². The molecule has 2 heteroatoms. The largest absolute Gasteiger partial charge is 0.356 e. The molecule has 0 saturated carbocycles. The Labute approximate surface area is 120 Å². The van der Waals surface area contributed by atoms with Crippen LogP contribution in [0.4, 0.5) is 11.4 Å². The molecule has 2 rings (SSSR count). The van der Waals surface area contributed by atoms with E-state index < -0.39 is 0 Å². The maximum Gasteiger partial charge on any atom is 0.0694 e.